The van der Waals surface area contributed by atoms with Crippen molar-refractivity contribution in [2.75, 3.05) is 28.6 Å². The van der Waals surface area contributed by atoms with E-state index < -0.39 is 11.8 Å². The highest BCUT2D eigenvalue weighted by atomic mass is 16.2. The number of benzene rings is 2. The predicted molar refractivity (Wildman–Crippen MR) is 127 cm³/mol. The van der Waals surface area contributed by atoms with Crippen LogP contribution in [-0.4, -0.2) is 35.8 Å². The minimum Gasteiger partial charge on any atom is -0.362 e. The van der Waals surface area contributed by atoms with Crippen molar-refractivity contribution in [3.63, 3.8) is 0 Å². The number of rotatable bonds is 6. The van der Waals surface area contributed by atoms with Gasteiger partial charge in [-0.15, -0.1) is 0 Å². The van der Waals surface area contributed by atoms with Crippen molar-refractivity contribution in [3.05, 3.63) is 84.2 Å². The van der Waals surface area contributed by atoms with Gasteiger partial charge in [0.25, 0.3) is 0 Å². The zero-order valence-corrected chi connectivity index (χ0v) is 18.2. The fourth-order valence-corrected chi connectivity index (χ4v) is 4.00. The highest BCUT2D eigenvalue weighted by molar-refractivity contribution is 6.39. The molecule has 1 aliphatic rings. The molecule has 1 aliphatic heterocycles. The molecule has 0 aliphatic carbocycles. The number of nitrogens with one attached hydrogen (secondary N) is 3. The van der Waals surface area contributed by atoms with E-state index in [-0.39, 0.29) is 18.5 Å². The predicted octanol–water partition coefficient (Wildman–Crippen LogP) is 2.90. The summed E-state index contributed by atoms with van der Waals surface area (Å²) >= 11 is 0. The van der Waals surface area contributed by atoms with Crippen molar-refractivity contribution in [2.24, 2.45) is 0 Å². The fourth-order valence-electron chi connectivity index (χ4n) is 4.00. The second kappa shape index (κ2) is 9.95. The van der Waals surface area contributed by atoms with E-state index in [9.17, 15) is 14.4 Å². The summed E-state index contributed by atoms with van der Waals surface area (Å²) in [6.07, 6.45) is 4.41. The van der Waals surface area contributed by atoms with Gasteiger partial charge in [0.15, 0.2) is 0 Å². The Labute approximate surface area is 192 Å². The first-order valence-corrected chi connectivity index (χ1v) is 10.7. The third-order valence-electron chi connectivity index (χ3n) is 5.47. The van der Waals surface area contributed by atoms with Gasteiger partial charge in [-0.2, -0.15) is 0 Å². The van der Waals surface area contributed by atoms with Crippen LogP contribution in [0.2, 0.25) is 0 Å². The van der Waals surface area contributed by atoms with Crippen LogP contribution < -0.4 is 20.9 Å². The zero-order chi connectivity index (χ0) is 23.2. The number of carbonyl (C=O) groups excluding carboxylic acids is 3. The molecule has 1 atom stereocenters. The van der Waals surface area contributed by atoms with Gasteiger partial charge in [0.05, 0.1) is 6.04 Å². The van der Waals surface area contributed by atoms with Gasteiger partial charge in [-0.25, -0.2) is 0 Å². The molecule has 8 nitrogen and oxygen atoms in total. The first-order valence-electron chi connectivity index (χ1n) is 10.7. The molecule has 3 amide bonds. The summed E-state index contributed by atoms with van der Waals surface area (Å²) in [5, 5.41) is 7.98. The van der Waals surface area contributed by atoms with Gasteiger partial charge in [-0.05, 0) is 47.9 Å². The third kappa shape index (κ3) is 5.35. The van der Waals surface area contributed by atoms with Crippen molar-refractivity contribution in [1.29, 1.82) is 0 Å². The van der Waals surface area contributed by atoms with Crippen LogP contribution in [0.1, 0.15) is 24.1 Å². The molecule has 3 aromatic rings. The normalized spacial score (nSPS) is 13.1. The topological polar surface area (TPSA) is 103 Å². The monoisotopic (exact) mass is 443 g/mol. The number of hydrogen-bond acceptors (Lipinski definition) is 5. The SMILES string of the molecule is CC(=O)Nc1cccc(NC(=O)C(=O)NCC(c2cccnc2)N2CCc3ccccc32)c1. The average molecular weight is 444 g/mol. The van der Waals surface area contributed by atoms with Crippen molar-refractivity contribution in [1.82, 2.24) is 10.3 Å². The van der Waals surface area contributed by atoms with E-state index >= 15 is 0 Å². The van der Waals surface area contributed by atoms with Crippen LogP contribution in [0.4, 0.5) is 17.1 Å². The molecule has 168 valence electrons. The van der Waals surface area contributed by atoms with Crippen molar-refractivity contribution in [2.45, 2.75) is 19.4 Å². The van der Waals surface area contributed by atoms with Crippen molar-refractivity contribution >= 4 is 34.8 Å². The molecule has 0 saturated heterocycles. The van der Waals surface area contributed by atoms with Gasteiger partial charge in [0.1, 0.15) is 0 Å². The van der Waals surface area contributed by atoms with Gasteiger partial charge in [0, 0.05) is 49.5 Å². The smallest absolute Gasteiger partial charge is 0.313 e. The Kier molecular flexibility index (Phi) is 6.64. The highest BCUT2D eigenvalue weighted by Gasteiger charge is 2.28. The molecule has 1 unspecified atom stereocenters. The number of hydrogen-bond donors (Lipinski definition) is 3. The van der Waals surface area contributed by atoms with E-state index in [4.69, 9.17) is 0 Å². The molecule has 2 heterocycles. The van der Waals surface area contributed by atoms with Crippen LogP contribution in [0.3, 0.4) is 0 Å². The summed E-state index contributed by atoms with van der Waals surface area (Å²) in [7, 11) is 0. The first-order chi connectivity index (χ1) is 16.0. The number of fused-ring (bicyclic) bond motifs is 1. The van der Waals surface area contributed by atoms with Crippen LogP contribution in [0.5, 0.6) is 0 Å². The zero-order valence-electron chi connectivity index (χ0n) is 18.2. The van der Waals surface area contributed by atoms with E-state index in [0.717, 1.165) is 24.2 Å². The molecule has 0 saturated carbocycles. The number of aromatic nitrogens is 1. The van der Waals surface area contributed by atoms with Gasteiger partial charge in [-0.1, -0.05) is 30.3 Å². The van der Waals surface area contributed by atoms with Crippen molar-refractivity contribution < 1.29 is 14.4 Å². The van der Waals surface area contributed by atoms with Gasteiger partial charge in [-0.3, -0.25) is 19.4 Å². The number of carbonyl (C=O) groups is 3. The molecule has 33 heavy (non-hydrogen) atoms. The molecule has 8 heteroatoms. The molecule has 0 radical (unpaired) electrons. The number of amides is 3. The van der Waals surface area contributed by atoms with Crippen molar-refractivity contribution in [3.8, 4) is 0 Å². The van der Waals surface area contributed by atoms with E-state index in [1.54, 1.807) is 36.7 Å². The van der Waals surface area contributed by atoms with Gasteiger partial charge in [0.2, 0.25) is 5.91 Å². The lowest BCUT2D eigenvalue weighted by molar-refractivity contribution is -0.136. The van der Waals surface area contributed by atoms with Crippen LogP contribution in [0.25, 0.3) is 0 Å². The Hall–Kier alpha value is -4.20. The molecule has 3 N–H and O–H groups in total. The Morgan fingerprint density at radius 2 is 1.76 bits per heavy atom. The summed E-state index contributed by atoms with van der Waals surface area (Å²) in [5.74, 6) is -1.73. The summed E-state index contributed by atoms with van der Waals surface area (Å²) in [5.41, 5.74) is 4.29. The second-order valence-electron chi connectivity index (χ2n) is 7.80. The maximum Gasteiger partial charge on any atom is 0.313 e. The molecular formula is C25H25N5O3. The molecule has 4 rings (SSSR count). The minimum absolute atomic E-state index is 0.165. The number of para-hydroxylation sites is 1. The average Bonchev–Trinajstić information content (AvgIpc) is 3.23. The molecule has 2 aromatic carbocycles. The molecule has 1 aromatic heterocycles. The van der Waals surface area contributed by atoms with Crippen LogP contribution in [-0.2, 0) is 20.8 Å². The lowest BCUT2D eigenvalue weighted by Crippen LogP contribution is -2.41. The Balaban J connectivity index is 1.44. The van der Waals surface area contributed by atoms with Gasteiger partial charge < -0.3 is 20.9 Å². The minimum atomic E-state index is -0.776. The number of anilines is 3. The first kappa shape index (κ1) is 22.0. The van der Waals surface area contributed by atoms with Crippen LogP contribution in [0.15, 0.2) is 73.1 Å². The fraction of sp³-hybridized carbons (Fsp3) is 0.200. The highest BCUT2D eigenvalue weighted by Crippen LogP contribution is 2.34. The van der Waals surface area contributed by atoms with E-state index in [1.165, 1.54) is 12.5 Å². The Bertz CT molecular complexity index is 1170. The van der Waals surface area contributed by atoms with Crippen LogP contribution >= 0.6 is 0 Å². The number of pyridine rings is 1. The van der Waals surface area contributed by atoms with E-state index in [1.807, 2.05) is 24.3 Å². The molecule has 0 spiro atoms. The Morgan fingerprint density at radius 1 is 0.970 bits per heavy atom. The number of nitrogens with zero attached hydrogens (tertiary/aromatic N) is 2. The summed E-state index contributed by atoms with van der Waals surface area (Å²) in [6, 6.07) is 18.5. The maximum absolute atomic E-state index is 12.6. The van der Waals surface area contributed by atoms with E-state index in [2.05, 4.69) is 38.0 Å². The third-order valence-corrected chi connectivity index (χ3v) is 5.47. The maximum atomic E-state index is 12.6. The summed E-state index contributed by atoms with van der Waals surface area (Å²) in [4.78, 5) is 42.8. The summed E-state index contributed by atoms with van der Waals surface area (Å²) < 4.78 is 0. The standard InChI is InChI=1S/C25H25N5O3/c1-17(31)28-20-8-4-9-21(14-20)29-25(33)24(32)27-16-23(19-7-5-12-26-15-19)30-13-11-18-6-2-3-10-22(18)30/h2-10,12,14-15,23H,11,13,16H2,1H3,(H,27,32)(H,28,31)(H,29,33). The van der Waals surface area contributed by atoms with Gasteiger partial charge >= 0.3 is 11.8 Å². The second-order valence-corrected chi connectivity index (χ2v) is 7.80. The van der Waals surface area contributed by atoms with Crippen LogP contribution in [0, 0.1) is 0 Å². The Morgan fingerprint density at radius 3 is 2.52 bits per heavy atom. The lowest BCUT2D eigenvalue weighted by atomic mass is 10.1. The molecular weight excluding hydrogens is 418 g/mol. The van der Waals surface area contributed by atoms with E-state index in [0.29, 0.717) is 11.4 Å². The molecule has 0 fully saturated rings. The lowest BCUT2D eigenvalue weighted by Gasteiger charge is -2.30. The molecule has 0 bridgehead atoms. The quantitative estimate of drug-likeness (QED) is 0.509. The largest absolute Gasteiger partial charge is 0.362 e. The summed E-state index contributed by atoms with van der Waals surface area (Å²) in [6.45, 7) is 2.46.